The van der Waals surface area contributed by atoms with Crippen molar-refractivity contribution in [2.45, 2.75) is 25.8 Å². The van der Waals surface area contributed by atoms with Gasteiger partial charge in [0.1, 0.15) is 0 Å². The van der Waals surface area contributed by atoms with Crippen LogP contribution in [0.5, 0.6) is 0 Å². The number of aryl methyl sites for hydroxylation is 2. The molecule has 0 spiro atoms. The predicted octanol–water partition coefficient (Wildman–Crippen LogP) is 1.62. The summed E-state index contributed by atoms with van der Waals surface area (Å²) in [6.07, 6.45) is 5.44. The molecule has 17 heavy (non-hydrogen) atoms. The maximum Gasteiger partial charge on any atom is 0.0552 e. The van der Waals surface area contributed by atoms with Gasteiger partial charge in [0.2, 0.25) is 0 Å². The van der Waals surface area contributed by atoms with Crippen molar-refractivity contribution >= 4 is 0 Å². The van der Waals surface area contributed by atoms with Crippen molar-refractivity contribution in [2.75, 3.05) is 0 Å². The lowest BCUT2D eigenvalue weighted by Gasteiger charge is -2.11. The largest absolute Gasteiger partial charge is 0.322 e. The molecule has 0 aromatic carbocycles. The van der Waals surface area contributed by atoms with Crippen LogP contribution in [0.3, 0.4) is 0 Å². The van der Waals surface area contributed by atoms with Gasteiger partial charge in [-0.05, 0) is 24.1 Å². The van der Waals surface area contributed by atoms with Crippen molar-refractivity contribution in [1.82, 2.24) is 14.8 Å². The number of rotatable bonds is 4. The first kappa shape index (κ1) is 11.8. The highest BCUT2D eigenvalue weighted by atomic mass is 15.3. The van der Waals surface area contributed by atoms with Gasteiger partial charge in [0.05, 0.1) is 11.7 Å². The lowest BCUT2D eigenvalue weighted by molar-refractivity contribution is 0.611. The quantitative estimate of drug-likeness (QED) is 0.868. The highest BCUT2D eigenvalue weighted by Crippen LogP contribution is 2.14. The van der Waals surface area contributed by atoms with E-state index in [1.807, 2.05) is 24.0 Å². The van der Waals surface area contributed by atoms with E-state index < -0.39 is 0 Å². The molecule has 4 heteroatoms. The molecule has 0 radical (unpaired) electrons. The van der Waals surface area contributed by atoms with Crippen LogP contribution in [-0.2, 0) is 19.9 Å². The van der Waals surface area contributed by atoms with E-state index in [1.165, 1.54) is 5.56 Å². The summed E-state index contributed by atoms with van der Waals surface area (Å²) in [4.78, 5) is 4.42. The van der Waals surface area contributed by atoms with Crippen molar-refractivity contribution in [1.29, 1.82) is 0 Å². The van der Waals surface area contributed by atoms with E-state index >= 15 is 0 Å². The summed E-state index contributed by atoms with van der Waals surface area (Å²) in [5.41, 5.74) is 9.45. The van der Waals surface area contributed by atoms with E-state index in [2.05, 4.69) is 29.1 Å². The smallest absolute Gasteiger partial charge is 0.0552 e. The van der Waals surface area contributed by atoms with Crippen molar-refractivity contribution in [3.8, 4) is 0 Å². The molecule has 0 fully saturated rings. The van der Waals surface area contributed by atoms with Crippen LogP contribution in [0.25, 0.3) is 0 Å². The molecule has 0 aliphatic rings. The third kappa shape index (κ3) is 2.71. The lowest BCUT2D eigenvalue weighted by Crippen LogP contribution is -2.17. The molecule has 2 aromatic rings. The molecule has 1 unspecified atom stereocenters. The van der Waals surface area contributed by atoms with Crippen LogP contribution < -0.4 is 5.73 Å². The number of nitrogens with zero attached hydrogens (tertiary/aromatic N) is 3. The second kappa shape index (κ2) is 5.10. The summed E-state index contributed by atoms with van der Waals surface area (Å²) in [5, 5.41) is 4.12. The molecule has 90 valence electrons. The van der Waals surface area contributed by atoms with Crippen molar-refractivity contribution in [3.05, 3.63) is 47.5 Å². The SMILES string of the molecule is CCc1ccc(CC(N)c2ccnn2C)nc1. The maximum absolute atomic E-state index is 6.14. The molecule has 0 aliphatic heterocycles. The zero-order valence-corrected chi connectivity index (χ0v) is 10.3. The molecular formula is C13H18N4. The molecule has 0 saturated carbocycles. The van der Waals surface area contributed by atoms with E-state index in [9.17, 15) is 0 Å². The van der Waals surface area contributed by atoms with Gasteiger partial charge < -0.3 is 5.73 Å². The predicted molar refractivity (Wildman–Crippen MR) is 67.5 cm³/mol. The van der Waals surface area contributed by atoms with Gasteiger partial charge in [-0.3, -0.25) is 9.67 Å². The van der Waals surface area contributed by atoms with Crippen LogP contribution in [0.2, 0.25) is 0 Å². The van der Waals surface area contributed by atoms with Crippen molar-refractivity contribution in [3.63, 3.8) is 0 Å². The first-order chi connectivity index (χ1) is 8.20. The van der Waals surface area contributed by atoms with Gasteiger partial charge >= 0.3 is 0 Å². The molecule has 0 bridgehead atoms. The molecular weight excluding hydrogens is 212 g/mol. The monoisotopic (exact) mass is 230 g/mol. The fraction of sp³-hybridized carbons (Fsp3) is 0.385. The minimum Gasteiger partial charge on any atom is -0.322 e. The molecule has 0 aliphatic carbocycles. The highest BCUT2D eigenvalue weighted by molar-refractivity contribution is 5.16. The van der Waals surface area contributed by atoms with Gasteiger partial charge in [0.25, 0.3) is 0 Å². The Balaban J connectivity index is 2.07. The number of pyridine rings is 1. The average Bonchev–Trinajstić information content (AvgIpc) is 2.76. The summed E-state index contributed by atoms with van der Waals surface area (Å²) in [7, 11) is 1.91. The Morgan fingerprint density at radius 1 is 1.35 bits per heavy atom. The highest BCUT2D eigenvalue weighted by Gasteiger charge is 2.11. The Labute approximate surface area is 101 Å². The Hall–Kier alpha value is -1.68. The second-order valence-corrected chi connectivity index (χ2v) is 4.20. The average molecular weight is 230 g/mol. The maximum atomic E-state index is 6.14. The van der Waals surface area contributed by atoms with Crippen LogP contribution in [0.1, 0.15) is 29.9 Å². The third-order valence-corrected chi connectivity index (χ3v) is 2.96. The van der Waals surface area contributed by atoms with Gasteiger partial charge in [-0.25, -0.2) is 0 Å². The summed E-state index contributed by atoms with van der Waals surface area (Å²) < 4.78 is 1.81. The van der Waals surface area contributed by atoms with Crippen LogP contribution >= 0.6 is 0 Å². The number of hydrogen-bond donors (Lipinski definition) is 1. The first-order valence-electron chi connectivity index (χ1n) is 5.88. The zero-order chi connectivity index (χ0) is 12.3. The Morgan fingerprint density at radius 3 is 2.71 bits per heavy atom. The van der Waals surface area contributed by atoms with Gasteiger partial charge in [-0.1, -0.05) is 13.0 Å². The van der Waals surface area contributed by atoms with Crippen LogP contribution in [0, 0.1) is 0 Å². The van der Waals surface area contributed by atoms with E-state index in [0.29, 0.717) is 0 Å². The summed E-state index contributed by atoms with van der Waals surface area (Å²) in [6, 6.07) is 6.06. The molecule has 2 heterocycles. The van der Waals surface area contributed by atoms with E-state index in [-0.39, 0.29) is 6.04 Å². The third-order valence-electron chi connectivity index (χ3n) is 2.96. The van der Waals surface area contributed by atoms with E-state index in [0.717, 1.165) is 24.2 Å². The normalized spacial score (nSPS) is 12.6. The molecule has 0 saturated heterocycles. The Kier molecular flexibility index (Phi) is 3.54. The molecule has 0 amide bonds. The van der Waals surface area contributed by atoms with Crippen LogP contribution in [0.4, 0.5) is 0 Å². The molecule has 2 rings (SSSR count). The van der Waals surface area contributed by atoms with Gasteiger partial charge in [0.15, 0.2) is 0 Å². The second-order valence-electron chi connectivity index (χ2n) is 4.20. The van der Waals surface area contributed by atoms with Gasteiger partial charge in [-0.15, -0.1) is 0 Å². The van der Waals surface area contributed by atoms with Gasteiger partial charge in [-0.2, -0.15) is 5.10 Å². The Morgan fingerprint density at radius 2 is 2.18 bits per heavy atom. The van der Waals surface area contributed by atoms with Crippen LogP contribution in [0.15, 0.2) is 30.6 Å². The van der Waals surface area contributed by atoms with Crippen LogP contribution in [-0.4, -0.2) is 14.8 Å². The zero-order valence-electron chi connectivity index (χ0n) is 10.3. The van der Waals surface area contributed by atoms with Crippen molar-refractivity contribution in [2.24, 2.45) is 12.8 Å². The fourth-order valence-electron chi connectivity index (χ4n) is 1.86. The Bertz CT molecular complexity index is 472. The summed E-state index contributed by atoms with van der Waals surface area (Å²) in [5.74, 6) is 0. The van der Waals surface area contributed by atoms with Gasteiger partial charge in [0, 0.05) is 31.6 Å². The summed E-state index contributed by atoms with van der Waals surface area (Å²) in [6.45, 7) is 2.12. The van der Waals surface area contributed by atoms with E-state index in [1.54, 1.807) is 6.20 Å². The summed E-state index contributed by atoms with van der Waals surface area (Å²) >= 11 is 0. The fourth-order valence-corrected chi connectivity index (χ4v) is 1.86. The van der Waals surface area contributed by atoms with E-state index in [4.69, 9.17) is 5.73 Å². The topological polar surface area (TPSA) is 56.7 Å². The number of hydrogen-bond acceptors (Lipinski definition) is 3. The van der Waals surface area contributed by atoms with Crippen molar-refractivity contribution < 1.29 is 0 Å². The number of aromatic nitrogens is 3. The molecule has 4 nitrogen and oxygen atoms in total. The number of nitrogens with two attached hydrogens (primary N) is 1. The minimum atomic E-state index is -0.0533. The molecule has 2 N–H and O–H groups in total. The standard InChI is InChI=1S/C13H18N4/c1-3-10-4-5-11(15-9-10)8-12(14)13-6-7-16-17(13)2/h4-7,9,12H,3,8,14H2,1-2H3. The molecule has 2 aromatic heterocycles. The molecule has 1 atom stereocenters. The lowest BCUT2D eigenvalue weighted by atomic mass is 10.1. The first-order valence-corrected chi connectivity index (χ1v) is 5.88. The minimum absolute atomic E-state index is 0.0533.